The highest BCUT2D eigenvalue weighted by atomic mass is 35.5. The van der Waals surface area contributed by atoms with Crippen LogP contribution in [-0.4, -0.2) is 10.8 Å². The molecule has 0 saturated carbocycles. The highest BCUT2D eigenvalue weighted by molar-refractivity contribution is 6.39. The largest absolute Gasteiger partial charge is 0.396 e. The van der Waals surface area contributed by atoms with Crippen molar-refractivity contribution in [3.63, 3.8) is 0 Å². The van der Waals surface area contributed by atoms with E-state index in [0.29, 0.717) is 6.07 Å². The average molecular weight is 359 g/mol. The summed E-state index contributed by atoms with van der Waals surface area (Å²) >= 11 is 11.7. The molecule has 1 amide bonds. The molecule has 0 aromatic heterocycles. The van der Waals surface area contributed by atoms with Crippen LogP contribution in [0.1, 0.15) is 10.4 Å². The number of nitrogens with zero attached hydrogens (tertiary/aromatic N) is 1. The van der Waals surface area contributed by atoms with Gasteiger partial charge < -0.3 is 16.8 Å². The van der Waals surface area contributed by atoms with Gasteiger partial charge in [0.15, 0.2) is 0 Å². The number of nitro benzene ring substituents is 1. The van der Waals surface area contributed by atoms with E-state index in [1.165, 1.54) is 12.1 Å². The third-order valence-corrected chi connectivity index (χ3v) is 3.53. The minimum atomic E-state index is -0.968. The second-order valence-corrected chi connectivity index (χ2v) is 5.27. The van der Waals surface area contributed by atoms with Gasteiger partial charge in [0.2, 0.25) is 0 Å². The molecule has 120 valence electrons. The van der Waals surface area contributed by atoms with Crippen molar-refractivity contribution < 1.29 is 14.1 Å². The number of nitrogen functional groups attached to an aromatic ring is 2. The van der Waals surface area contributed by atoms with Crippen LogP contribution in [0.2, 0.25) is 10.0 Å². The Morgan fingerprint density at radius 1 is 1.13 bits per heavy atom. The Balaban J connectivity index is 2.40. The average Bonchev–Trinajstić information content (AvgIpc) is 2.46. The van der Waals surface area contributed by atoms with Gasteiger partial charge in [-0.3, -0.25) is 14.9 Å². The summed E-state index contributed by atoms with van der Waals surface area (Å²) in [4.78, 5) is 22.1. The number of carbonyl (C=O) groups is 1. The molecule has 10 heteroatoms. The summed E-state index contributed by atoms with van der Waals surface area (Å²) in [5, 5.41) is 13.4. The first-order chi connectivity index (χ1) is 10.7. The highest BCUT2D eigenvalue weighted by Gasteiger charge is 2.22. The van der Waals surface area contributed by atoms with Crippen LogP contribution in [0.5, 0.6) is 0 Å². The Labute approximate surface area is 139 Å². The Bertz CT molecular complexity index is 806. The second kappa shape index (κ2) is 6.27. The van der Waals surface area contributed by atoms with Gasteiger partial charge in [0, 0.05) is 5.69 Å². The van der Waals surface area contributed by atoms with Gasteiger partial charge in [-0.25, -0.2) is 4.39 Å². The first-order valence-corrected chi connectivity index (χ1v) is 6.75. The van der Waals surface area contributed by atoms with Crippen LogP contribution >= 0.6 is 23.2 Å². The number of nitro groups is 1. The van der Waals surface area contributed by atoms with Crippen molar-refractivity contribution in [1.29, 1.82) is 0 Å². The standard InChI is InChI=1S/C13H9Cl2FN4O3/c14-8-3-6(4-9(15)12(8)18)19-13(21)7-1-5(16)2-10(11(7)17)20(22)23/h1-4H,17-18H2,(H,19,21). The lowest BCUT2D eigenvalue weighted by Gasteiger charge is -2.10. The van der Waals surface area contributed by atoms with E-state index in [-0.39, 0.29) is 27.0 Å². The SMILES string of the molecule is Nc1c(Cl)cc(NC(=O)c2cc(F)cc([N+](=O)[O-])c2N)cc1Cl. The highest BCUT2D eigenvalue weighted by Crippen LogP contribution is 2.32. The van der Waals surface area contributed by atoms with E-state index < -0.39 is 28.0 Å². The van der Waals surface area contributed by atoms with Crippen molar-refractivity contribution in [2.75, 3.05) is 16.8 Å². The van der Waals surface area contributed by atoms with Crippen LogP contribution in [0.4, 0.5) is 27.1 Å². The zero-order valence-corrected chi connectivity index (χ0v) is 12.8. The molecule has 0 aliphatic heterocycles. The molecule has 2 aromatic rings. The predicted octanol–water partition coefficient (Wildman–Crippen LogP) is 3.46. The molecule has 2 aromatic carbocycles. The van der Waals surface area contributed by atoms with E-state index in [9.17, 15) is 19.3 Å². The van der Waals surface area contributed by atoms with Crippen molar-refractivity contribution in [2.45, 2.75) is 0 Å². The molecule has 0 saturated heterocycles. The maximum atomic E-state index is 13.4. The molecule has 0 atom stereocenters. The minimum absolute atomic E-state index is 0.103. The molecule has 0 heterocycles. The second-order valence-electron chi connectivity index (χ2n) is 4.45. The molecule has 0 aliphatic carbocycles. The lowest BCUT2D eigenvalue weighted by Crippen LogP contribution is -2.15. The summed E-state index contributed by atoms with van der Waals surface area (Å²) in [7, 11) is 0. The summed E-state index contributed by atoms with van der Waals surface area (Å²) in [6.45, 7) is 0. The smallest absolute Gasteiger partial charge is 0.295 e. The van der Waals surface area contributed by atoms with Gasteiger partial charge in [0.25, 0.3) is 11.6 Å². The summed E-state index contributed by atoms with van der Waals surface area (Å²) in [5.41, 5.74) is 9.87. The van der Waals surface area contributed by atoms with Crippen LogP contribution in [0.25, 0.3) is 0 Å². The van der Waals surface area contributed by atoms with E-state index >= 15 is 0 Å². The monoisotopic (exact) mass is 358 g/mol. The van der Waals surface area contributed by atoms with Gasteiger partial charge in [-0.1, -0.05) is 23.2 Å². The topological polar surface area (TPSA) is 124 Å². The summed E-state index contributed by atoms with van der Waals surface area (Å²) in [6, 6.07) is 4.07. The van der Waals surface area contributed by atoms with Gasteiger partial charge in [0.1, 0.15) is 11.5 Å². The molecule has 0 bridgehead atoms. The molecule has 2 rings (SSSR count). The number of amides is 1. The Hall–Kier alpha value is -2.58. The number of nitrogens with two attached hydrogens (primary N) is 2. The third kappa shape index (κ3) is 3.43. The van der Waals surface area contributed by atoms with Gasteiger partial charge in [-0.05, 0) is 18.2 Å². The maximum absolute atomic E-state index is 13.4. The van der Waals surface area contributed by atoms with Crippen LogP contribution in [-0.2, 0) is 0 Å². The van der Waals surface area contributed by atoms with Crippen molar-refractivity contribution in [3.05, 3.63) is 55.8 Å². The summed E-state index contributed by atoms with van der Waals surface area (Å²) in [5.74, 6) is -1.83. The van der Waals surface area contributed by atoms with Crippen LogP contribution in [0, 0.1) is 15.9 Å². The molecule has 0 aliphatic rings. The Morgan fingerprint density at radius 3 is 2.22 bits per heavy atom. The van der Waals surface area contributed by atoms with Crippen molar-refractivity contribution in [1.82, 2.24) is 0 Å². The molecule has 7 nitrogen and oxygen atoms in total. The summed E-state index contributed by atoms with van der Waals surface area (Å²) in [6.07, 6.45) is 0. The maximum Gasteiger partial charge on any atom is 0.295 e. The number of anilines is 3. The predicted molar refractivity (Wildman–Crippen MR) is 86.3 cm³/mol. The number of benzene rings is 2. The minimum Gasteiger partial charge on any atom is -0.396 e. The number of hydrogen-bond donors (Lipinski definition) is 3. The zero-order valence-electron chi connectivity index (χ0n) is 11.3. The summed E-state index contributed by atoms with van der Waals surface area (Å²) < 4.78 is 13.4. The van der Waals surface area contributed by atoms with Gasteiger partial charge >= 0.3 is 0 Å². The van der Waals surface area contributed by atoms with E-state index in [2.05, 4.69) is 5.32 Å². The molecule has 0 radical (unpaired) electrons. The number of nitrogens with one attached hydrogen (secondary N) is 1. The fraction of sp³-hybridized carbons (Fsp3) is 0. The quantitative estimate of drug-likeness (QED) is 0.440. The zero-order chi connectivity index (χ0) is 17.3. The fourth-order valence-electron chi connectivity index (χ4n) is 1.80. The van der Waals surface area contributed by atoms with E-state index in [1.807, 2.05) is 0 Å². The lowest BCUT2D eigenvalue weighted by atomic mass is 10.1. The van der Waals surface area contributed by atoms with Crippen molar-refractivity contribution in [2.24, 2.45) is 0 Å². The number of halogens is 3. The first kappa shape index (κ1) is 16.8. The number of hydrogen-bond acceptors (Lipinski definition) is 5. The fourth-order valence-corrected chi connectivity index (χ4v) is 2.28. The number of rotatable bonds is 3. The van der Waals surface area contributed by atoms with Crippen LogP contribution in [0.3, 0.4) is 0 Å². The molecule has 0 unspecified atom stereocenters. The van der Waals surface area contributed by atoms with Gasteiger partial charge in [0.05, 0.1) is 32.3 Å². The molecular weight excluding hydrogens is 350 g/mol. The molecule has 23 heavy (non-hydrogen) atoms. The normalized spacial score (nSPS) is 10.4. The number of carbonyl (C=O) groups excluding carboxylic acids is 1. The molecule has 0 spiro atoms. The van der Waals surface area contributed by atoms with Crippen molar-refractivity contribution in [3.8, 4) is 0 Å². The van der Waals surface area contributed by atoms with Gasteiger partial charge in [-0.15, -0.1) is 0 Å². The van der Waals surface area contributed by atoms with E-state index in [1.54, 1.807) is 0 Å². The van der Waals surface area contributed by atoms with E-state index in [0.717, 1.165) is 6.07 Å². The molecule has 5 N–H and O–H groups in total. The Kier molecular flexibility index (Phi) is 4.57. The van der Waals surface area contributed by atoms with Crippen molar-refractivity contribution >= 4 is 51.9 Å². The van der Waals surface area contributed by atoms with Crippen LogP contribution < -0.4 is 16.8 Å². The molecule has 0 fully saturated rings. The Morgan fingerprint density at radius 2 is 1.70 bits per heavy atom. The van der Waals surface area contributed by atoms with Gasteiger partial charge in [-0.2, -0.15) is 0 Å². The first-order valence-electron chi connectivity index (χ1n) is 6.00. The third-order valence-electron chi connectivity index (χ3n) is 2.90. The lowest BCUT2D eigenvalue weighted by molar-refractivity contribution is -0.384. The molecular formula is C13H9Cl2FN4O3. The van der Waals surface area contributed by atoms with Crippen LogP contribution in [0.15, 0.2) is 24.3 Å². The van der Waals surface area contributed by atoms with E-state index in [4.69, 9.17) is 34.7 Å².